The molecule has 150 valence electrons. The van der Waals surface area contributed by atoms with Crippen molar-refractivity contribution in [2.24, 2.45) is 0 Å². The summed E-state index contributed by atoms with van der Waals surface area (Å²) in [6.45, 7) is 3.50. The number of nitrogens with zero attached hydrogens (tertiary/aromatic N) is 2. The minimum Gasteiger partial charge on any atom is -0.345 e. The van der Waals surface area contributed by atoms with E-state index in [-0.39, 0.29) is 24.6 Å². The number of thiophene rings is 1. The predicted molar refractivity (Wildman–Crippen MR) is 113 cm³/mol. The lowest BCUT2D eigenvalue weighted by atomic mass is 10.1. The molecule has 0 atom stereocenters. The Hall–Kier alpha value is -3.00. The van der Waals surface area contributed by atoms with Crippen LogP contribution in [0.5, 0.6) is 0 Å². The summed E-state index contributed by atoms with van der Waals surface area (Å²) < 4.78 is 1.31. The largest absolute Gasteiger partial charge is 0.345 e. The van der Waals surface area contributed by atoms with Crippen molar-refractivity contribution in [1.29, 1.82) is 0 Å². The van der Waals surface area contributed by atoms with Crippen LogP contribution >= 0.6 is 11.3 Å². The number of carbonyl (C=O) groups excluding carboxylic acids is 2. The van der Waals surface area contributed by atoms with Crippen LogP contribution in [0.4, 0.5) is 5.69 Å². The maximum Gasteiger partial charge on any atom is 0.262 e. The Morgan fingerprint density at radius 1 is 1.17 bits per heavy atom. The fraction of sp³-hybridized carbons (Fsp3) is 0.333. The van der Waals surface area contributed by atoms with Crippen LogP contribution in [-0.4, -0.2) is 27.9 Å². The summed E-state index contributed by atoms with van der Waals surface area (Å²) in [5, 5.41) is 6.04. The molecule has 0 spiro atoms. The molecule has 2 N–H and O–H groups in total. The van der Waals surface area contributed by atoms with Gasteiger partial charge >= 0.3 is 0 Å². The van der Waals surface area contributed by atoms with Gasteiger partial charge in [-0.15, -0.1) is 11.3 Å². The first-order chi connectivity index (χ1) is 13.9. The van der Waals surface area contributed by atoms with Crippen LogP contribution in [-0.2, 0) is 29.0 Å². The van der Waals surface area contributed by atoms with Crippen molar-refractivity contribution in [3.8, 4) is 0 Å². The standard InChI is InChI=1S/C21H22N4O3S/c1-12-5-3-6-13(2)19(12)24-16(26)9-22-17(27)10-25-11-23-20-18(21(25)28)14-7-4-8-15(14)29-20/h3,5-6,11H,4,7-10H2,1-2H3,(H,22,27)(H,24,26). The molecule has 4 rings (SSSR count). The molecule has 0 saturated heterocycles. The molecule has 0 fully saturated rings. The number of anilines is 1. The Morgan fingerprint density at radius 2 is 1.93 bits per heavy atom. The number of fused-ring (bicyclic) bond motifs is 3. The number of hydrogen-bond donors (Lipinski definition) is 2. The predicted octanol–water partition coefficient (Wildman–Crippen LogP) is 2.32. The van der Waals surface area contributed by atoms with E-state index in [9.17, 15) is 14.4 Å². The Labute approximate surface area is 171 Å². The van der Waals surface area contributed by atoms with Gasteiger partial charge in [0.25, 0.3) is 5.56 Å². The summed E-state index contributed by atoms with van der Waals surface area (Å²) in [6.07, 6.45) is 4.35. The van der Waals surface area contributed by atoms with Gasteiger partial charge in [-0.25, -0.2) is 4.98 Å². The Kier molecular flexibility index (Phi) is 5.19. The number of para-hydroxylation sites is 1. The molecule has 0 radical (unpaired) electrons. The molecule has 3 aromatic rings. The van der Waals surface area contributed by atoms with E-state index in [1.54, 1.807) is 11.3 Å². The normalized spacial score (nSPS) is 12.8. The van der Waals surface area contributed by atoms with Crippen LogP contribution in [0.2, 0.25) is 0 Å². The van der Waals surface area contributed by atoms with Gasteiger partial charge in [0.1, 0.15) is 11.4 Å². The van der Waals surface area contributed by atoms with Gasteiger partial charge in [-0.3, -0.25) is 19.0 Å². The lowest BCUT2D eigenvalue weighted by Crippen LogP contribution is -2.37. The number of carbonyl (C=O) groups is 2. The molecule has 0 bridgehead atoms. The van der Waals surface area contributed by atoms with E-state index >= 15 is 0 Å². The minimum absolute atomic E-state index is 0.162. The number of aromatic nitrogens is 2. The second-order valence-corrected chi connectivity index (χ2v) is 8.39. The molecule has 0 unspecified atom stereocenters. The van der Waals surface area contributed by atoms with Crippen molar-refractivity contribution < 1.29 is 9.59 Å². The van der Waals surface area contributed by atoms with Gasteiger partial charge in [0.15, 0.2) is 0 Å². The van der Waals surface area contributed by atoms with E-state index < -0.39 is 5.91 Å². The molecule has 0 aliphatic heterocycles. The Bertz CT molecular complexity index is 1160. The zero-order chi connectivity index (χ0) is 20.5. The van der Waals surface area contributed by atoms with E-state index in [4.69, 9.17) is 0 Å². The van der Waals surface area contributed by atoms with Gasteiger partial charge in [-0.05, 0) is 49.8 Å². The third-order valence-corrected chi connectivity index (χ3v) is 6.40. The number of amides is 2. The number of nitrogens with one attached hydrogen (secondary N) is 2. The topological polar surface area (TPSA) is 93.1 Å². The third-order valence-electron chi connectivity index (χ3n) is 5.20. The van der Waals surface area contributed by atoms with Crippen molar-refractivity contribution >= 4 is 39.1 Å². The number of aryl methyl sites for hydroxylation is 4. The molecular weight excluding hydrogens is 388 g/mol. The van der Waals surface area contributed by atoms with Crippen LogP contribution in [0.15, 0.2) is 29.3 Å². The summed E-state index contributed by atoms with van der Waals surface area (Å²) in [4.78, 5) is 43.6. The van der Waals surface area contributed by atoms with E-state index in [0.29, 0.717) is 5.39 Å². The summed E-state index contributed by atoms with van der Waals surface area (Å²) >= 11 is 1.57. The molecule has 2 amide bonds. The third kappa shape index (κ3) is 3.80. The highest BCUT2D eigenvalue weighted by molar-refractivity contribution is 7.18. The fourth-order valence-electron chi connectivity index (χ4n) is 3.72. The van der Waals surface area contributed by atoms with Crippen LogP contribution in [0, 0.1) is 13.8 Å². The molecule has 8 heteroatoms. The molecular formula is C21H22N4O3S. The maximum atomic E-state index is 12.8. The van der Waals surface area contributed by atoms with Crippen molar-refractivity contribution in [3.05, 3.63) is 56.4 Å². The molecule has 29 heavy (non-hydrogen) atoms. The van der Waals surface area contributed by atoms with Crippen molar-refractivity contribution in [2.75, 3.05) is 11.9 Å². The fourth-order valence-corrected chi connectivity index (χ4v) is 4.94. The summed E-state index contributed by atoms with van der Waals surface area (Å²) in [6, 6.07) is 5.75. The first kappa shape index (κ1) is 19.3. The highest BCUT2D eigenvalue weighted by Gasteiger charge is 2.21. The zero-order valence-corrected chi connectivity index (χ0v) is 17.2. The monoisotopic (exact) mass is 410 g/mol. The van der Waals surface area contributed by atoms with Gasteiger partial charge in [0.05, 0.1) is 18.3 Å². The van der Waals surface area contributed by atoms with Crippen LogP contribution in [0.1, 0.15) is 28.0 Å². The lowest BCUT2D eigenvalue weighted by molar-refractivity contribution is -0.124. The summed E-state index contributed by atoms with van der Waals surface area (Å²) in [7, 11) is 0. The van der Waals surface area contributed by atoms with Crippen LogP contribution in [0.25, 0.3) is 10.2 Å². The molecule has 1 aliphatic rings. The van der Waals surface area contributed by atoms with Crippen LogP contribution in [0.3, 0.4) is 0 Å². The number of hydrogen-bond acceptors (Lipinski definition) is 5. The Balaban J connectivity index is 1.41. The SMILES string of the molecule is Cc1cccc(C)c1NC(=O)CNC(=O)Cn1cnc2sc3c(c2c1=O)CCC3. The second kappa shape index (κ2) is 7.79. The smallest absolute Gasteiger partial charge is 0.262 e. The number of benzene rings is 1. The average molecular weight is 410 g/mol. The maximum absolute atomic E-state index is 12.8. The lowest BCUT2D eigenvalue weighted by Gasteiger charge is -2.12. The first-order valence-electron chi connectivity index (χ1n) is 9.56. The first-order valence-corrected chi connectivity index (χ1v) is 10.4. The van der Waals surface area contributed by atoms with E-state index in [0.717, 1.165) is 46.5 Å². The van der Waals surface area contributed by atoms with E-state index in [2.05, 4.69) is 15.6 Å². The van der Waals surface area contributed by atoms with Gasteiger partial charge in [-0.2, -0.15) is 0 Å². The number of rotatable bonds is 5. The molecule has 1 aliphatic carbocycles. The molecule has 2 heterocycles. The van der Waals surface area contributed by atoms with Crippen LogP contribution < -0.4 is 16.2 Å². The average Bonchev–Trinajstić information content (AvgIpc) is 3.26. The van der Waals surface area contributed by atoms with Crippen molar-refractivity contribution in [1.82, 2.24) is 14.9 Å². The van der Waals surface area contributed by atoms with E-state index in [1.165, 1.54) is 15.8 Å². The minimum atomic E-state index is -0.406. The van der Waals surface area contributed by atoms with Gasteiger partial charge in [0, 0.05) is 10.6 Å². The van der Waals surface area contributed by atoms with Gasteiger partial charge < -0.3 is 10.6 Å². The Morgan fingerprint density at radius 3 is 2.69 bits per heavy atom. The molecule has 2 aromatic heterocycles. The highest BCUT2D eigenvalue weighted by atomic mass is 32.1. The zero-order valence-electron chi connectivity index (χ0n) is 16.4. The second-order valence-electron chi connectivity index (χ2n) is 7.31. The molecule has 7 nitrogen and oxygen atoms in total. The quantitative estimate of drug-likeness (QED) is 0.675. The van der Waals surface area contributed by atoms with Gasteiger partial charge in [-0.1, -0.05) is 18.2 Å². The molecule has 0 saturated carbocycles. The highest BCUT2D eigenvalue weighted by Crippen LogP contribution is 2.34. The summed E-state index contributed by atoms with van der Waals surface area (Å²) in [5.41, 5.74) is 3.57. The van der Waals surface area contributed by atoms with E-state index in [1.807, 2.05) is 32.0 Å². The molecule has 1 aromatic carbocycles. The van der Waals surface area contributed by atoms with Crippen molar-refractivity contribution in [2.45, 2.75) is 39.7 Å². The van der Waals surface area contributed by atoms with Gasteiger partial charge in [0.2, 0.25) is 11.8 Å². The van der Waals surface area contributed by atoms with Crippen molar-refractivity contribution in [3.63, 3.8) is 0 Å². The summed E-state index contributed by atoms with van der Waals surface area (Å²) in [5.74, 6) is -0.718.